The fraction of sp³-hybridized carbons (Fsp3) is 0.0833. The topological polar surface area (TPSA) is 29.1 Å². The number of thiophene rings is 1. The van der Waals surface area contributed by atoms with E-state index in [-0.39, 0.29) is 18.0 Å². The molecule has 100 valence electrons. The smallest absolute Gasteiger partial charge is 0.253 e. The average Bonchev–Trinajstić information content (AvgIpc) is 2.69. The first-order chi connectivity index (χ1) is 8.97. The summed E-state index contributed by atoms with van der Waals surface area (Å²) in [4.78, 5) is 11.9. The van der Waals surface area contributed by atoms with Crippen LogP contribution < -0.4 is 5.32 Å². The van der Waals surface area contributed by atoms with Crippen LogP contribution in [0, 0.1) is 11.6 Å². The molecule has 0 aliphatic rings. The minimum Gasteiger partial charge on any atom is -0.348 e. The second-order valence-electron chi connectivity index (χ2n) is 3.66. The summed E-state index contributed by atoms with van der Waals surface area (Å²) in [5.74, 6) is -1.44. The number of halogens is 4. The summed E-state index contributed by atoms with van der Waals surface area (Å²) < 4.78 is 27.8. The molecule has 0 radical (unpaired) electrons. The molecule has 0 fully saturated rings. The Bertz CT molecular complexity index is 630. The zero-order valence-corrected chi connectivity index (χ0v) is 13.3. The van der Waals surface area contributed by atoms with Crippen molar-refractivity contribution in [1.82, 2.24) is 5.32 Å². The number of carbonyl (C=O) groups is 1. The molecule has 1 N–H and O–H groups in total. The van der Waals surface area contributed by atoms with E-state index >= 15 is 0 Å². The van der Waals surface area contributed by atoms with Gasteiger partial charge in [0.05, 0.1) is 13.1 Å². The zero-order valence-electron chi connectivity index (χ0n) is 9.34. The van der Waals surface area contributed by atoms with Crippen molar-refractivity contribution in [2.24, 2.45) is 0 Å². The van der Waals surface area contributed by atoms with Crippen molar-refractivity contribution in [1.29, 1.82) is 0 Å². The van der Waals surface area contributed by atoms with Gasteiger partial charge in [-0.1, -0.05) is 0 Å². The Morgan fingerprint density at radius 3 is 2.63 bits per heavy atom. The number of hydrogen-bond donors (Lipinski definition) is 1. The molecule has 19 heavy (non-hydrogen) atoms. The van der Waals surface area contributed by atoms with E-state index < -0.39 is 11.6 Å². The Kier molecular flexibility index (Phi) is 4.70. The zero-order chi connectivity index (χ0) is 14.0. The molecule has 0 unspecified atom stereocenters. The third kappa shape index (κ3) is 3.61. The van der Waals surface area contributed by atoms with Crippen molar-refractivity contribution in [3.05, 3.63) is 54.6 Å². The number of rotatable bonds is 3. The molecular weight excluding hydrogens is 404 g/mol. The van der Waals surface area contributed by atoms with Crippen LogP contribution in [0.1, 0.15) is 15.9 Å². The van der Waals surface area contributed by atoms with Crippen LogP contribution in [-0.4, -0.2) is 5.91 Å². The molecule has 0 saturated heterocycles. The van der Waals surface area contributed by atoms with Crippen LogP contribution >= 0.6 is 43.2 Å². The van der Waals surface area contributed by atoms with E-state index in [1.54, 1.807) is 6.07 Å². The standard InChI is InChI=1S/C12H7Br2F2NOS/c13-10-4-8(11(14)19-10)12(18)17-5-6-3-7(15)1-2-9(6)16/h1-4H,5H2,(H,17,18). The monoisotopic (exact) mass is 409 g/mol. The van der Waals surface area contributed by atoms with Gasteiger partial charge in [0.1, 0.15) is 11.6 Å². The van der Waals surface area contributed by atoms with E-state index in [4.69, 9.17) is 0 Å². The van der Waals surface area contributed by atoms with Gasteiger partial charge in [-0.2, -0.15) is 0 Å². The summed E-state index contributed by atoms with van der Waals surface area (Å²) in [5.41, 5.74) is 0.562. The van der Waals surface area contributed by atoms with Gasteiger partial charge >= 0.3 is 0 Å². The van der Waals surface area contributed by atoms with Gasteiger partial charge in [-0.25, -0.2) is 8.78 Å². The molecule has 0 bridgehead atoms. The Hall–Kier alpha value is -0.790. The lowest BCUT2D eigenvalue weighted by molar-refractivity contribution is 0.0950. The maximum atomic E-state index is 13.4. The number of nitrogens with one attached hydrogen (secondary N) is 1. The van der Waals surface area contributed by atoms with E-state index in [1.165, 1.54) is 11.3 Å². The lowest BCUT2D eigenvalue weighted by atomic mass is 10.2. The highest BCUT2D eigenvalue weighted by atomic mass is 79.9. The second kappa shape index (κ2) is 6.11. The largest absolute Gasteiger partial charge is 0.348 e. The van der Waals surface area contributed by atoms with Crippen LogP contribution in [0.3, 0.4) is 0 Å². The van der Waals surface area contributed by atoms with Crippen molar-refractivity contribution in [2.75, 3.05) is 0 Å². The van der Waals surface area contributed by atoms with Gasteiger partial charge in [0.2, 0.25) is 0 Å². The van der Waals surface area contributed by atoms with E-state index in [1.807, 2.05) is 0 Å². The highest BCUT2D eigenvalue weighted by Crippen LogP contribution is 2.31. The van der Waals surface area contributed by atoms with E-state index in [9.17, 15) is 13.6 Å². The van der Waals surface area contributed by atoms with Crippen LogP contribution in [0.4, 0.5) is 8.78 Å². The van der Waals surface area contributed by atoms with Crippen LogP contribution in [0.2, 0.25) is 0 Å². The third-order valence-electron chi connectivity index (χ3n) is 2.35. The lowest BCUT2D eigenvalue weighted by Gasteiger charge is -2.06. The molecule has 0 aliphatic heterocycles. The highest BCUT2D eigenvalue weighted by Gasteiger charge is 2.14. The van der Waals surface area contributed by atoms with Gasteiger partial charge in [-0.05, 0) is 56.1 Å². The molecule has 7 heteroatoms. The van der Waals surface area contributed by atoms with Gasteiger partial charge in [0.15, 0.2) is 0 Å². The lowest BCUT2D eigenvalue weighted by Crippen LogP contribution is -2.23. The molecule has 1 aromatic carbocycles. The fourth-order valence-electron chi connectivity index (χ4n) is 1.44. The van der Waals surface area contributed by atoms with Crippen molar-refractivity contribution in [3.63, 3.8) is 0 Å². The first kappa shape index (κ1) is 14.6. The Morgan fingerprint density at radius 1 is 1.26 bits per heavy atom. The summed E-state index contributed by atoms with van der Waals surface area (Å²) in [6, 6.07) is 4.79. The van der Waals surface area contributed by atoms with E-state index in [0.29, 0.717) is 9.35 Å². The maximum Gasteiger partial charge on any atom is 0.253 e. The van der Waals surface area contributed by atoms with Crippen LogP contribution in [0.5, 0.6) is 0 Å². The predicted octanol–water partition coefficient (Wildman–Crippen LogP) is 4.48. The van der Waals surface area contributed by atoms with Crippen LogP contribution in [0.25, 0.3) is 0 Å². The maximum absolute atomic E-state index is 13.4. The van der Waals surface area contributed by atoms with Gasteiger partial charge in [-0.15, -0.1) is 11.3 Å². The summed E-state index contributed by atoms with van der Waals surface area (Å²) in [5, 5.41) is 2.55. The molecular formula is C12H7Br2F2NOS. The molecule has 0 saturated carbocycles. The van der Waals surface area contributed by atoms with Crippen molar-refractivity contribution in [2.45, 2.75) is 6.54 Å². The molecule has 1 amide bonds. The molecule has 1 heterocycles. The van der Waals surface area contributed by atoms with Crippen molar-refractivity contribution in [3.8, 4) is 0 Å². The average molecular weight is 411 g/mol. The molecule has 2 nitrogen and oxygen atoms in total. The van der Waals surface area contributed by atoms with E-state index in [0.717, 1.165) is 22.0 Å². The van der Waals surface area contributed by atoms with Gasteiger partial charge < -0.3 is 5.32 Å². The van der Waals surface area contributed by atoms with Gasteiger partial charge in [0, 0.05) is 12.1 Å². The second-order valence-corrected chi connectivity index (χ2v) is 7.41. The first-order valence-corrected chi connectivity index (χ1v) is 7.54. The van der Waals surface area contributed by atoms with Gasteiger partial charge in [-0.3, -0.25) is 4.79 Å². The normalized spacial score (nSPS) is 10.5. The summed E-state index contributed by atoms with van der Waals surface area (Å²) in [6.45, 7) is -0.0671. The molecule has 0 spiro atoms. The van der Waals surface area contributed by atoms with Crippen molar-refractivity contribution >= 4 is 49.1 Å². The number of amides is 1. The number of hydrogen-bond acceptors (Lipinski definition) is 2. The fourth-order valence-corrected chi connectivity index (χ4v) is 4.24. The quantitative estimate of drug-likeness (QED) is 0.793. The van der Waals surface area contributed by atoms with Crippen LogP contribution in [0.15, 0.2) is 31.8 Å². The Labute approximate surface area is 129 Å². The predicted molar refractivity (Wildman–Crippen MR) is 77.2 cm³/mol. The summed E-state index contributed by atoms with van der Waals surface area (Å²) in [6.07, 6.45) is 0. The van der Waals surface area contributed by atoms with E-state index in [2.05, 4.69) is 37.2 Å². The van der Waals surface area contributed by atoms with Crippen molar-refractivity contribution < 1.29 is 13.6 Å². The minimum atomic E-state index is -0.549. The first-order valence-electron chi connectivity index (χ1n) is 5.14. The summed E-state index contributed by atoms with van der Waals surface area (Å²) >= 11 is 7.89. The Morgan fingerprint density at radius 2 is 2.00 bits per heavy atom. The molecule has 2 rings (SSSR count). The number of benzene rings is 1. The Balaban J connectivity index is 2.08. The molecule has 1 aromatic heterocycles. The highest BCUT2D eigenvalue weighted by molar-refractivity contribution is 9.12. The molecule has 0 atom stereocenters. The number of carbonyl (C=O) groups excluding carboxylic acids is 1. The van der Waals surface area contributed by atoms with Gasteiger partial charge in [0.25, 0.3) is 5.91 Å². The van der Waals surface area contributed by atoms with Crippen LogP contribution in [-0.2, 0) is 6.54 Å². The molecule has 2 aromatic rings. The SMILES string of the molecule is O=C(NCc1cc(F)ccc1F)c1cc(Br)sc1Br. The third-order valence-corrected chi connectivity index (χ3v) is 4.69. The molecule has 0 aliphatic carbocycles. The minimum absolute atomic E-state index is 0.0671. The summed E-state index contributed by atoms with van der Waals surface area (Å²) in [7, 11) is 0.